The van der Waals surface area contributed by atoms with Crippen LogP contribution in [0.15, 0.2) is 60.9 Å². The van der Waals surface area contributed by atoms with Gasteiger partial charge in [-0.25, -0.2) is 9.97 Å². The van der Waals surface area contributed by atoms with Crippen molar-refractivity contribution in [3.63, 3.8) is 0 Å². The summed E-state index contributed by atoms with van der Waals surface area (Å²) in [6, 6.07) is 19.0. The first-order chi connectivity index (χ1) is 12.4. The van der Waals surface area contributed by atoms with Crippen molar-refractivity contribution < 1.29 is 4.74 Å². The Morgan fingerprint density at radius 2 is 1.72 bits per heavy atom. The first kappa shape index (κ1) is 16.0. The highest BCUT2D eigenvalue weighted by atomic mass is 16.5. The van der Waals surface area contributed by atoms with E-state index in [-0.39, 0.29) is 0 Å². The lowest BCUT2D eigenvalue weighted by Crippen LogP contribution is -2.41. The number of para-hydroxylation sites is 1. The molecular weight excluding hydrogens is 312 g/mol. The summed E-state index contributed by atoms with van der Waals surface area (Å²) in [5, 5.41) is 4.60. The molecule has 1 N–H and O–H groups in total. The van der Waals surface area contributed by atoms with Crippen LogP contribution in [0.1, 0.15) is 11.6 Å². The fourth-order valence-corrected chi connectivity index (χ4v) is 3.36. The van der Waals surface area contributed by atoms with Crippen LogP contribution in [0.25, 0.3) is 10.9 Å². The first-order valence-corrected chi connectivity index (χ1v) is 8.72. The smallest absolute Gasteiger partial charge is 0.137 e. The van der Waals surface area contributed by atoms with Gasteiger partial charge >= 0.3 is 0 Å². The third-order valence-electron chi connectivity index (χ3n) is 4.68. The Morgan fingerprint density at radius 3 is 2.56 bits per heavy atom. The van der Waals surface area contributed by atoms with Crippen LogP contribution in [0.4, 0.5) is 5.82 Å². The summed E-state index contributed by atoms with van der Waals surface area (Å²) in [6.07, 6.45) is 1.62. The third kappa shape index (κ3) is 3.62. The monoisotopic (exact) mass is 334 g/mol. The molecule has 0 unspecified atom stereocenters. The van der Waals surface area contributed by atoms with Crippen LogP contribution >= 0.6 is 0 Å². The van der Waals surface area contributed by atoms with Crippen molar-refractivity contribution in [2.24, 2.45) is 0 Å². The van der Waals surface area contributed by atoms with E-state index in [0.29, 0.717) is 6.04 Å². The van der Waals surface area contributed by atoms with Gasteiger partial charge in [0.2, 0.25) is 0 Å². The molecule has 5 heteroatoms. The minimum absolute atomic E-state index is 0.291. The molecular formula is C20H22N4O. The number of morpholine rings is 1. The van der Waals surface area contributed by atoms with Crippen LogP contribution in [-0.2, 0) is 4.74 Å². The lowest BCUT2D eigenvalue weighted by Gasteiger charge is -2.35. The van der Waals surface area contributed by atoms with E-state index in [1.807, 2.05) is 18.2 Å². The van der Waals surface area contributed by atoms with Crippen LogP contribution in [0.2, 0.25) is 0 Å². The Kier molecular flexibility index (Phi) is 4.86. The molecule has 1 aliphatic heterocycles. The minimum Gasteiger partial charge on any atom is -0.379 e. The summed E-state index contributed by atoms with van der Waals surface area (Å²) < 4.78 is 5.52. The molecule has 0 radical (unpaired) electrons. The van der Waals surface area contributed by atoms with E-state index in [1.165, 1.54) is 5.56 Å². The molecule has 0 bridgehead atoms. The molecule has 1 saturated heterocycles. The number of nitrogens with zero attached hydrogens (tertiary/aromatic N) is 3. The predicted molar refractivity (Wildman–Crippen MR) is 99.6 cm³/mol. The third-order valence-corrected chi connectivity index (χ3v) is 4.68. The maximum absolute atomic E-state index is 5.52. The zero-order chi connectivity index (χ0) is 16.9. The molecule has 1 aromatic heterocycles. The molecule has 0 spiro atoms. The van der Waals surface area contributed by atoms with E-state index in [1.54, 1.807) is 6.33 Å². The topological polar surface area (TPSA) is 50.3 Å². The van der Waals surface area contributed by atoms with Crippen molar-refractivity contribution in [2.45, 2.75) is 6.04 Å². The fourth-order valence-electron chi connectivity index (χ4n) is 3.36. The highest BCUT2D eigenvalue weighted by Gasteiger charge is 2.22. The Labute approximate surface area is 147 Å². The van der Waals surface area contributed by atoms with Gasteiger partial charge in [-0.3, -0.25) is 4.90 Å². The number of ether oxygens (including phenoxy) is 1. The van der Waals surface area contributed by atoms with Gasteiger partial charge in [-0.2, -0.15) is 0 Å². The molecule has 0 saturated carbocycles. The SMILES string of the molecule is c1ccc([C@H](CNc2ncnc3ccccc23)N2CCOCC2)cc1. The predicted octanol–water partition coefficient (Wildman–Crippen LogP) is 3.12. The maximum Gasteiger partial charge on any atom is 0.137 e. The lowest BCUT2D eigenvalue weighted by atomic mass is 10.0. The van der Waals surface area contributed by atoms with E-state index in [2.05, 4.69) is 56.6 Å². The largest absolute Gasteiger partial charge is 0.379 e. The van der Waals surface area contributed by atoms with Crippen LogP contribution in [0.3, 0.4) is 0 Å². The summed E-state index contributed by atoms with van der Waals surface area (Å²) in [4.78, 5) is 11.3. The number of hydrogen-bond donors (Lipinski definition) is 1. The van der Waals surface area contributed by atoms with Gasteiger partial charge in [0.25, 0.3) is 0 Å². The van der Waals surface area contributed by atoms with E-state index >= 15 is 0 Å². The minimum atomic E-state index is 0.291. The van der Waals surface area contributed by atoms with E-state index < -0.39 is 0 Å². The Bertz CT molecular complexity index is 813. The average Bonchev–Trinajstić information content (AvgIpc) is 2.70. The Hall–Kier alpha value is -2.50. The quantitative estimate of drug-likeness (QED) is 0.777. The van der Waals surface area contributed by atoms with E-state index in [0.717, 1.165) is 49.6 Å². The summed E-state index contributed by atoms with van der Waals surface area (Å²) in [5.74, 6) is 0.889. The summed E-state index contributed by atoms with van der Waals surface area (Å²) in [5.41, 5.74) is 2.28. The Morgan fingerprint density at radius 1 is 0.960 bits per heavy atom. The van der Waals surface area contributed by atoms with Gasteiger partial charge in [-0.1, -0.05) is 42.5 Å². The second kappa shape index (κ2) is 7.59. The molecule has 1 aliphatic rings. The molecule has 2 aromatic carbocycles. The van der Waals surface area contributed by atoms with Gasteiger partial charge in [0.1, 0.15) is 12.1 Å². The van der Waals surface area contributed by atoms with E-state index in [4.69, 9.17) is 4.74 Å². The van der Waals surface area contributed by atoms with Crippen molar-refractivity contribution in [1.82, 2.24) is 14.9 Å². The number of nitrogens with one attached hydrogen (secondary N) is 1. The van der Waals surface area contributed by atoms with Gasteiger partial charge in [-0.15, -0.1) is 0 Å². The van der Waals surface area contributed by atoms with Crippen molar-refractivity contribution in [3.05, 3.63) is 66.5 Å². The number of anilines is 1. The first-order valence-electron chi connectivity index (χ1n) is 8.72. The van der Waals surface area contributed by atoms with E-state index in [9.17, 15) is 0 Å². The van der Waals surface area contributed by atoms with Crippen molar-refractivity contribution in [1.29, 1.82) is 0 Å². The van der Waals surface area contributed by atoms with Crippen molar-refractivity contribution in [3.8, 4) is 0 Å². The molecule has 1 atom stereocenters. The Balaban J connectivity index is 1.58. The van der Waals surface area contributed by atoms with Crippen molar-refractivity contribution >= 4 is 16.7 Å². The van der Waals surface area contributed by atoms with Crippen LogP contribution < -0.4 is 5.32 Å². The molecule has 3 aromatic rings. The molecule has 2 heterocycles. The number of rotatable bonds is 5. The number of benzene rings is 2. The van der Waals surface area contributed by atoms with Gasteiger partial charge in [0.15, 0.2) is 0 Å². The lowest BCUT2D eigenvalue weighted by molar-refractivity contribution is 0.0187. The molecule has 128 valence electrons. The highest BCUT2D eigenvalue weighted by molar-refractivity contribution is 5.88. The normalized spacial score (nSPS) is 16.6. The van der Waals surface area contributed by atoms with Gasteiger partial charge in [-0.05, 0) is 17.7 Å². The summed E-state index contributed by atoms with van der Waals surface area (Å²) >= 11 is 0. The van der Waals surface area contributed by atoms with Crippen LogP contribution in [0, 0.1) is 0 Å². The van der Waals surface area contributed by atoms with Gasteiger partial charge in [0, 0.05) is 25.0 Å². The van der Waals surface area contributed by atoms with Crippen molar-refractivity contribution in [2.75, 3.05) is 38.2 Å². The van der Waals surface area contributed by atoms with Crippen LogP contribution in [-0.4, -0.2) is 47.7 Å². The molecule has 5 nitrogen and oxygen atoms in total. The molecule has 0 aliphatic carbocycles. The maximum atomic E-state index is 5.52. The standard InChI is InChI=1S/C20H22N4O/c1-2-6-16(7-3-1)19(24-10-12-25-13-11-24)14-21-20-17-8-4-5-9-18(17)22-15-23-20/h1-9,15,19H,10-14H2,(H,21,22,23)/t19-/m0/s1. The second-order valence-electron chi connectivity index (χ2n) is 6.20. The fraction of sp³-hybridized carbons (Fsp3) is 0.300. The molecule has 25 heavy (non-hydrogen) atoms. The zero-order valence-corrected chi connectivity index (χ0v) is 14.1. The average molecular weight is 334 g/mol. The van der Waals surface area contributed by atoms with Crippen LogP contribution in [0.5, 0.6) is 0 Å². The highest BCUT2D eigenvalue weighted by Crippen LogP contribution is 2.24. The summed E-state index contributed by atoms with van der Waals surface area (Å²) in [7, 11) is 0. The number of hydrogen-bond acceptors (Lipinski definition) is 5. The molecule has 0 amide bonds. The van der Waals surface area contributed by atoms with Gasteiger partial charge in [0.05, 0.1) is 24.8 Å². The number of fused-ring (bicyclic) bond motifs is 1. The zero-order valence-electron chi connectivity index (χ0n) is 14.1. The second-order valence-corrected chi connectivity index (χ2v) is 6.20. The van der Waals surface area contributed by atoms with Gasteiger partial charge < -0.3 is 10.1 Å². The summed E-state index contributed by atoms with van der Waals surface area (Å²) in [6.45, 7) is 4.28. The number of aromatic nitrogens is 2. The molecule has 4 rings (SSSR count). The molecule has 1 fully saturated rings.